The number of halogens is 1. The number of carboxylic acids is 1. The highest BCUT2D eigenvalue weighted by Gasteiger charge is 2.46. The fourth-order valence-electron chi connectivity index (χ4n) is 5.23. The Hall–Kier alpha value is -3.82. The first-order valence-electron chi connectivity index (χ1n) is 13.2. The lowest BCUT2D eigenvalue weighted by atomic mass is 10.0. The predicted molar refractivity (Wildman–Crippen MR) is 149 cm³/mol. The van der Waals surface area contributed by atoms with Crippen LogP contribution in [-0.2, 0) is 5.54 Å². The molecule has 1 amide bonds. The monoisotopic (exact) mass is 547 g/mol. The number of carboxylic acid groups (broad SMARTS) is 1. The first kappa shape index (κ1) is 25.5. The van der Waals surface area contributed by atoms with Crippen molar-refractivity contribution in [2.75, 3.05) is 49.1 Å². The van der Waals surface area contributed by atoms with E-state index in [-0.39, 0.29) is 17.6 Å². The number of nitrogens with zero attached hydrogens (tertiary/aromatic N) is 3. The molecule has 0 unspecified atom stereocenters. The van der Waals surface area contributed by atoms with Gasteiger partial charge in [0.1, 0.15) is 17.7 Å². The average molecular weight is 548 g/mol. The largest absolute Gasteiger partial charge is 0.487 e. The van der Waals surface area contributed by atoms with Gasteiger partial charge >= 0.3 is 5.97 Å². The molecule has 39 heavy (non-hydrogen) atoms. The molecule has 10 heteroatoms. The number of carbonyl (C=O) groups is 2. The second-order valence-corrected chi connectivity index (χ2v) is 10.8. The van der Waals surface area contributed by atoms with Crippen molar-refractivity contribution in [2.24, 2.45) is 0 Å². The van der Waals surface area contributed by atoms with Crippen molar-refractivity contribution in [1.29, 1.82) is 0 Å². The third-order valence-electron chi connectivity index (χ3n) is 7.62. The van der Waals surface area contributed by atoms with Gasteiger partial charge in [0.15, 0.2) is 0 Å². The van der Waals surface area contributed by atoms with Gasteiger partial charge in [0, 0.05) is 44.1 Å². The number of pyridine rings is 1. The number of hydrogen-bond donors (Lipinski definition) is 3. The number of hydrogen-bond acceptors (Lipinski definition) is 7. The van der Waals surface area contributed by atoms with Crippen LogP contribution in [0.25, 0.3) is 0 Å². The van der Waals surface area contributed by atoms with Gasteiger partial charge in [-0.15, -0.1) is 0 Å². The van der Waals surface area contributed by atoms with E-state index < -0.39 is 11.5 Å². The minimum Gasteiger partial charge on any atom is -0.487 e. The zero-order valence-corrected chi connectivity index (χ0v) is 22.2. The van der Waals surface area contributed by atoms with Gasteiger partial charge in [0.2, 0.25) is 0 Å². The summed E-state index contributed by atoms with van der Waals surface area (Å²) in [6.45, 7) is 5.12. The fraction of sp³-hybridized carbons (Fsp3) is 0.345. The molecule has 2 aromatic carbocycles. The number of nitrogens with one attached hydrogen (secondary N) is 2. The first-order valence-corrected chi connectivity index (χ1v) is 13.6. The number of benzene rings is 2. The van der Waals surface area contributed by atoms with Gasteiger partial charge in [-0.3, -0.25) is 4.79 Å². The van der Waals surface area contributed by atoms with E-state index in [2.05, 4.69) is 32.7 Å². The molecule has 1 saturated carbocycles. The Morgan fingerprint density at radius 1 is 1.05 bits per heavy atom. The number of amides is 1. The van der Waals surface area contributed by atoms with Crippen molar-refractivity contribution >= 4 is 35.0 Å². The molecule has 3 N–H and O–H groups in total. The van der Waals surface area contributed by atoms with Crippen molar-refractivity contribution in [3.8, 4) is 5.75 Å². The van der Waals surface area contributed by atoms with E-state index in [9.17, 15) is 14.7 Å². The Balaban J connectivity index is 1.12. The Morgan fingerprint density at radius 2 is 1.79 bits per heavy atom. The van der Waals surface area contributed by atoms with Crippen LogP contribution in [0.1, 0.15) is 39.1 Å². The fourth-order valence-corrected chi connectivity index (χ4v) is 5.39. The van der Waals surface area contributed by atoms with Gasteiger partial charge < -0.3 is 30.3 Å². The van der Waals surface area contributed by atoms with Crippen molar-refractivity contribution in [2.45, 2.75) is 24.5 Å². The molecular weight excluding hydrogens is 518 g/mol. The van der Waals surface area contributed by atoms with Gasteiger partial charge in [0.25, 0.3) is 5.91 Å². The van der Waals surface area contributed by atoms with Gasteiger partial charge in [-0.1, -0.05) is 29.8 Å². The minimum atomic E-state index is -0.978. The maximum Gasteiger partial charge on any atom is 0.335 e. The zero-order valence-electron chi connectivity index (χ0n) is 21.4. The summed E-state index contributed by atoms with van der Waals surface area (Å²) in [5, 5.41) is 16.1. The van der Waals surface area contributed by atoms with Crippen LogP contribution < -0.4 is 25.2 Å². The topological polar surface area (TPSA) is 107 Å². The second kappa shape index (κ2) is 10.4. The normalized spacial score (nSPS) is 18.3. The average Bonchev–Trinajstić information content (AvgIpc) is 3.72. The van der Waals surface area contributed by atoms with Crippen LogP contribution in [-0.4, -0.2) is 67.3 Å². The highest BCUT2D eigenvalue weighted by atomic mass is 35.5. The SMILES string of the molecule is O=C(O)c1ccc(C2(NC(=O)c3cc(Cl)cnc3N3CC(Oc4cccc(N5CCNCC5)c4)C3)CC2)cc1. The lowest BCUT2D eigenvalue weighted by Crippen LogP contribution is -2.55. The number of rotatable bonds is 8. The number of aromatic nitrogens is 1. The van der Waals surface area contributed by atoms with Gasteiger partial charge in [-0.25, -0.2) is 9.78 Å². The molecule has 0 spiro atoms. The summed E-state index contributed by atoms with van der Waals surface area (Å²) in [5.74, 6) is 0.174. The third-order valence-corrected chi connectivity index (χ3v) is 7.82. The van der Waals surface area contributed by atoms with E-state index in [4.69, 9.17) is 16.3 Å². The van der Waals surface area contributed by atoms with Crippen LogP contribution >= 0.6 is 11.6 Å². The molecule has 3 aromatic rings. The van der Waals surface area contributed by atoms with E-state index in [1.165, 1.54) is 0 Å². The Labute approximate surface area is 231 Å². The molecular formula is C29H30ClN5O4. The molecule has 0 bridgehead atoms. The van der Waals surface area contributed by atoms with Crippen LogP contribution in [0.3, 0.4) is 0 Å². The molecule has 6 rings (SSSR count). The van der Waals surface area contributed by atoms with Gasteiger partial charge in [-0.2, -0.15) is 0 Å². The Kier molecular flexibility index (Phi) is 6.78. The zero-order chi connectivity index (χ0) is 27.0. The van der Waals surface area contributed by atoms with E-state index in [0.29, 0.717) is 29.5 Å². The lowest BCUT2D eigenvalue weighted by Gasteiger charge is -2.40. The van der Waals surface area contributed by atoms with Crippen molar-refractivity contribution in [3.63, 3.8) is 0 Å². The summed E-state index contributed by atoms with van der Waals surface area (Å²) in [6, 6.07) is 16.5. The molecule has 3 aliphatic rings. The third kappa shape index (κ3) is 5.37. The molecule has 1 aliphatic carbocycles. The molecule has 2 saturated heterocycles. The molecule has 3 heterocycles. The minimum absolute atomic E-state index is 0.0146. The maximum atomic E-state index is 13.5. The summed E-state index contributed by atoms with van der Waals surface area (Å²) in [6.07, 6.45) is 3.10. The smallest absolute Gasteiger partial charge is 0.335 e. The quantitative estimate of drug-likeness (QED) is 0.393. The molecule has 2 aliphatic heterocycles. The van der Waals surface area contributed by atoms with Crippen LogP contribution in [0.2, 0.25) is 5.02 Å². The first-order chi connectivity index (χ1) is 18.9. The Morgan fingerprint density at radius 3 is 2.49 bits per heavy atom. The van der Waals surface area contributed by atoms with E-state index >= 15 is 0 Å². The molecule has 0 atom stereocenters. The lowest BCUT2D eigenvalue weighted by molar-refractivity contribution is 0.0696. The number of anilines is 2. The summed E-state index contributed by atoms with van der Waals surface area (Å²) < 4.78 is 6.25. The van der Waals surface area contributed by atoms with E-state index in [1.807, 2.05) is 17.0 Å². The van der Waals surface area contributed by atoms with Gasteiger partial charge in [-0.05, 0) is 48.7 Å². The van der Waals surface area contributed by atoms with Crippen molar-refractivity contribution in [1.82, 2.24) is 15.6 Å². The van der Waals surface area contributed by atoms with Crippen molar-refractivity contribution < 1.29 is 19.4 Å². The summed E-state index contributed by atoms with van der Waals surface area (Å²) >= 11 is 6.24. The highest BCUT2D eigenvalue weighted by Crippen LogP contribution is 2.46. The number of piperazine rings is 1. The van der Waals surface area contributed by atoms with E-state index in [1.54, 1.807) is 36.5 Å². The number of aromatic carboxylic acids is 1. The molecule has 0 radical (unpaired) electrons. The summed E-state index contributed by atoms with van der Waals surface area (Å²) in [4.78, 5) is 33.5. The number of carbonyl (C=O) groups excluding carboxylic acids is 1. The number of ether oxygens (including phenoxy) is 1. The standard InChI is InChI=1S/C29H30ClN5O4/c30-21-14-25(27(36)33-29(8-9-29)20-6-4-19(5-7-20)28(37)38)26(32-16-21)35-17-24(18-35)39-23-3-1-2-22(15-23)34-12-10-31-11-13-34/h1-7,14-16,24,31H,8-13,17-18H2,(H,33,36)(H,37,38). The predicted octanol–water partition coefficient (Wildman–Crippen LogP) is 3.53. The molecule has 9 nitrogen and oxygen atoms in total. The van der Waals surface area contributed by atoms with Crippen LogP contribution in [0.5, 0.6) is 5.75 Å². The molecule has 3 fully saturated rings. The highest BCUT2D eigenvalue weighted by molar-refractivity contribution is 6.31. The van der Waals surface area contributed by atoms with Gasteiger partial charge in [0.05, 0.1) is 34.8 Å². The van der Waals surface area contributed by atoms with Crippen LogP contribution in [0.15, 0.2) is 60.8 Å². The summed E-state index contributed by atoms with van der Waals surface area (Å²) in [7, 11) is 0. The van der Waals surface area contributed by atoms with Crippen LogP contribution in [0, 0.1) is 0 Å². The van der Waals surface area contributed by atoms with E-state index in [0.717, 1.165) is 56.0 Å². The summed E-state index contributed by atoms with van der Waals surface area (Å²) in [5.41, 5.74) is 2.17. The molecule has 1 aromatic heterocycles. The van der Waals surface area contributed by atoms with Crippen LogP contribution in [0.4, 0.5) is 11.5 Å². The second-order valence-electron chi connectivity index (χ2n) is 10.3. The maximum absolute atomic E-state index is 13.5. The van der Waals surface area contributed by atoms with Crippen molar-refractivity contribution in [3.05, 3.63) is 82.5 Å². The molecule has 202 valence electrons. The Bertz CT molecular complexity index is 1380.